The molecule has 5 rings (SSSR count). The zero-order valence-corrected chi connectivity index (χ0v) is 19.4. The third kappa shape index (κ3) is 3.72. The summed E-state index contributed by atoms with van der Waals surface area (Å²) in [5.74, 6) is -1.36. The molecular formula is C24H26ClF2NO3S. The molecule has 0 aromatic heterocycles. The van der Waals surface area contributed by atoms with Crippen LogP contribution in [0.15, 0.2) is 36.4 Å². The van der Waals surface area contributed by atoms with Crippen LogP contribution in [0.1, 0.15) is 43.7 Å². The van der Waals surface area contributed by atoms with Crippen LogP contribution in [0.5, 0.6) is 5.75 Å². The largest absolute Gasteiger partial charge is 0.490 e. The Bertz CT molecular complexity index is 1140. The summed E-state index contributed by atoms with van der Waals surface area (Å²) in [5, 5.41) is 0.310. The molecule has 0 spiro atoms. The SMILES string of the molecule is C[C@@H]1[C@H](NS(=O)(=O)C2CC2)CC[C@@]2(Cc3ccc(Cl)cc3)c3c(F)ccc(F)c3OC[C@@H]12. The Hall–Kier alpha value is -1.70. The summed E-state index contributed by atoms with van der Waals surface area (Å²) in [6.07, 6.45) is 2.96. The standard InChI is InChI=1S/C24H26ClF2NO3S/c1-14-18-13-31-23-20(27)9-8-19(26)22(23)24(18,12-15-2-4-16(25)5-3-15)11-10-21(14)28-32(29,30)17-6-7-17/h2-5,8-9,14,17-18,21,28H,6-7,10-13H2,1H3/t14-,18-,21+,24-/m0/s1. The highest BCUT2D eigenvalue weighted by atomic mass is 35.5. The van der Waals surface area contributed by atoms with Gasteiger partial charge in [-0.3, -0.25) is 0 Å². The van der Waals surface area contributed by atoms with Crippen molar-refractivity contribution in [2.75, 3.05) is 6.61 Å². The molecule has 1 N–H and O–H groups in total. The molecule has 0 amide bonds. The second kappa shape index (κ2) is 7.96. The first-order valence-corrected chi connectivity index (χ1v) is 13.0. The van der Waals surface area contributed by atoms with Crippen molar-refractivity contribution in [3.8, 4) is 5.75 Å². The Kier molecular flexibility index (Phi) is 5.50. The highest BCUT2D eigenvalue weighted by molar-refractivity contribution is 7.90. The minimum Gasteiger partial charge on any atom is -0.490 e. The van der Waals surface area contributed by atoms with Crippen molar-refractivity contribution < 1.29 is 21.9 Å². The van der Waals surface area contributed by atoms with Gasteiger partial charge in [-0.1, -0.05) is 30.7 Å². The van der Waals surface area contributed by atoms with E-state index in [9.17, 15) is 12.8 Å². The molecule has 4 atom stereocenters. The number of hydrogen-bond acceptors (Lipinski definition) is 3. The lowest BCUT2D eigenvalue weighted by Crippen LogP contribution is -2.57. The van der Waals surface area contributed by atoms with Gasteiger partial charge in [0.1, 0.15) is 5.82 Å². The molecule has 0 unspecified atom stereocenters. The molecule has 4 nitrogen and oxygen atoms in total. The highest BCUT2D eigenvalue weighted by Crippen LogP contribution is 2.55. The summed E-state index contributed by atoms with van der Waals surface area (Å²) in [7, 11) is -3.36. The fourth-order valence-corrected chi connectivity index (χ4v) is 7.53. The molecule has 1 heterocycles. The van der Waals surface area contributed by atoms with Gasteiger partial charge in [-0.25, -0.2) is 21.9 Å². The van der Waals surface area contributed by atoms with E-state index in [1.54, 1.807) is 12.1 Å². The van der Waals surface area contributed by atoms with Crippen LogP contribution >= 0.6 is 11.6 Å². The Balaban J connectivity index is 1.56. The predicted molar refractivity (Wildman–Crippen MR) is 119 cm³/mol. The minimum absolute atomic E-state index is 0.0144. The van der Waals surface area contributed by atoms with Gasteiger partial charge < -0.3 is 4.74 Å². The van der Waals surface area contributed by atoms with Crippen molar-refractivity contribution in [1.82, 2.24) is 4.72 Å². The van der Waals surface area contributed by atoms with Gasteiger partial charge in [-0.05, 0) is 67.9 Å². The van der Waals surface area contributed by atoms with Crippen molar-refractivity contribution in [2.45, 2.75) is 55.7 Å². The third-order valence-electron chi connectivity index (χ3n) is 7.56. The maximum absolute atomic E-state index is 15.3. The first-order chi connectivity index (χ1) is 15.2. The molecule has 1 aliphatic heterocycles. The van der Waals surface area contributed by atoms with Crippen LogP contribution in [0.25, 0.3) is 0 Å². The summed E-state index contributed by atoms with van der Waals surface area (Å²) in [6.45, 7) is 2.20. The number of sulfonamides is 1. The zero-order chi connectivity index (χ0) is 22.7. The average molecular weight is 482 g/mol. The lowest BCUT2D eigenvalue weighted by atomic mass is 9.55. The number of benzene rings is 2. The van der Waals surface area contributed by atoms with Crippen LogP contribution < -0.4 is 9.46 Å². The van der Waals surface area contributed by atoms with E-state index in [2.05, 4.69) is 4.72 Å². The summed E-state index contributed by atoms with van der Waals surface area (Å²) in [5.41, 5.74) is 0.549. The maximum atomic E-state index is 15.3. The van der Waals surface area contributed by atoms with Gasteiger partial charge in [0, 0.05) is 28.0 Å². The first kappa shape index (κ1) is 22.1. The predicted octanol–water partition coefficient (Wildman–Crippen LogP) is 4.99. The molecular weight excluding hydrogens is 456 g/mol. The van der Waals surface area contributed by atoms with Gasteiger partial charge in [-0.15, -0.1) is 0 Å². The molecule has 2 aliphatic carbocycles. The molecule has 2 aromatic carbocycles. The third-order valence-corrected chi connectivity index (χ3v) is 9.79. The maximum Gasteiger partial charge on any atom is 0.214 e. The number of fused-ring (bicyclic) bond motifs is 3. The first-order valence-electron chi connectivity index (χ1n) is 11.1. The van der Waals surface area contributed by atoms with Crippen molar-refractivity contribution in [3.05, 3.63) is 64.2 Å². The normalized spacial score (nSPS) is 29.7. The van der Waals surface area contributed by atoms with Gasteiger partial charge in [-0.2, -0.15) is 0 Å². The summed E-state index contributed by atoms with van der Waals surface area (Å²) in [6, 6.07) is 9.41. The highest BCUT2D eigenvalue weighted by Gasteiger charge is 2.55. The van der Waals surface area contributed by atoms with Crippen LogP contribution in [0, 0.1) is 23.5 Å². The lowest BCUT2D eigenvalue weighted by Gasteiger charge is -2.53. The molecule has 0 saturated heterocycles. The second-order valence-electron chi connectivity index (χ2n) is 9.48. The Morgan fingerprint density at radius 2 is 1.78 bits per heavy atom. The molecule has 172 valence electrons. The van der Waals surface area contributed by atoms with Crippen LogP contribution in [-0.2, 0) is 21.9 Å². The van der Waals surface area contributed by atoms with E-state index >= 15 is 4.39 Å². The number of hydrogen-bond donors (Lipinski definition) is 1. The van der Waals surface area contributed by atoms with Gasteiger partial charge in [0.15, 0.2) is 11.6 Å². The molecule has 8 heteroatoms. The smallest absolute Gasteiger partial charge is 0.214 e. The molecule has 2 fully saturated rings. The number of ether oxygens (including phenoxy) is 1. The summed E-state index contributed by atoms with van der Waals surface area (Å²) in [4.78, 5) is 0. The summed E-state index contributed by atoms with van der Waals surface area (Å²) < 4.78 is 63.8. The van der Waals surface area contributed by atoms with Crippen molar-refractivity contribution in [3.63, 3.8) is 0 Å². The molecule has 3 aliphatic rings. The quantitative estimate of drug-likeness (QED) is 0.654. The van der Waals surface area contributed by atoms with E-state index < -0.39 is 27.1 Å². The van der Waals surface area contributed by atoms with Crippen LogP contribution in [-0.4, -0.2) is 26.3 Å². The lowest BCUT2D eigenvalue weighted by molar-refractivity contribution is 0.0261. The Labute approximate surface area is 192 Å². The number of rotatable bonds is 5. The summed E-state index contributed by atoms with van der Waals surface area (Å²) >= 11 is 6.06. The fraction of sp³-hybridized carbons (Fsp3) is 0.500. The molecule has 32 heavy (non-hydrogen) atoms. The second-order valence-corrected chi connectivity index (χ2v) is 11.9. The molecule has 2 saturated carbocycles. The Morgan fingerprint density at radius 1 is 1.09 bits per heavy atom. The molecule has 2 aromatic rings. The van der Waals surface area contributed by atoms with Gasteiger partial charge in [0.05, 0.1) is 11.9 Å². The van der Waals surface area contributed by atoms with Gasteiger partial charge >= 0.3 is 0 Å². The van der Waals surface area contributed by atoms with E-state index in [0.29, 0.717) is 37.1 Å². The van der Waals surface area contributed by atoms with Crippen molar-refractivity contribution >= 4 is 21.6 Å². The van der Waals surface area contributed by atoms with Crippen molar-refractivity contribution in [2.24, 2.45) is 11.8 Å². The fourth-order valence-electron chi connectivity index (χ4n) is 5.70. The molecule has 0 bridgehead atoms. The Morgan fingerprint density at radius 3 is 2.47 bits per heavy atom. The van der Waals surface area contributed by atoms with Crippen LogP contribution in [0.3, 0.4) is 0 Å². The number of halogens is 3. The van der Waals surface area contributed by atoms with E-state index in [1.165, 1.54) is 0 Å². The van der Waals surface area contributed by atoms with Crippen molar-refractivity contribution in [1.29, 1.82) is 0 Å². The van der Waals surface area contributed by atoms with E-state index in [-0.39, 0.29) is 41.0 Å². The minimum atomic E-state index is -3.36. The van der Waals surface area contributed by atoms with Crippen LogP contribution in [0.4, 0.5) is 8.78 Å². The van der Waals surface area contributed by atoms with E-state index in [4.69, 9.17) is 16.3 Å². The topological polar surface area (TPSA) is 55.4 Å². The van der Waals surface area contributed by atoms with Gasteiger partial charge in [0.25, 0.3) is 0 Å². The average Bonchev–Trinajstić information content (AvgIpc) is 3.60. The van der Waals surface area contributed by atoms with Crippen LogP contribution in [0.2, 0.25) is 5.02 Å². The zero-order valence-electron chi connectivity index (χ0n) is 17.8. The van der Waals surface area contributed by atoms with E-state index in [0.717, 1.165) is 17.7 Å². The monoisotopic (exact) mass is 481 g/mol. The number of nitrogens with one attached hydrogen (secondary N) is 1. The molecule has 0 radical (unpaired) electrons. The van der Waals surface area contributed by atoms with E-state index in [1.807, 2.05) is 19.1 Å². The van der Waals surface area contributed by atoms with Gasteiger partial charge in [0.2, 0.25) is 10.0 Å².